The van der Waals surface area contributed by atoms with Crippen molar-refractivity contribution in [3.8, 4) is 0 Å². The molecule has 2 amide bonds. The van der Waals surface area contributed by atoms with Crippen molar-refractivity contribution in [3.05, 3.63) is 89.5 Å². The monoisotopic (exact) mass is 403 g/mol. The van der Waals surface area contributed by atoms with Crippen LogP contribution in [-0.4, -0.2) is 31.2 Å². The topological polar surface area (TPSA) is 81.7 Å². The maximum Gasteiger partial charge on any atom is 0.409 e. The lowest BCUT2D eigenvalue weighted by Crippen LogP contribution is -2.19. The zero-order chi connectivity index (χ0) is 21.7. The molecule has 1 unspecified atom stereocenters. The highest BCUT2D eigenvalue weighted by atomic mass is 16.4. The fourth-order valence-corrected chi connectivity index (χ4v) is 3.42. The molecular formula is C24H25N3O3. The normalized spacial score (nSPS) is 11.4. The van der Waals surface area contributed by atoms with Crippen LogP contribution in [0.15, 0.2) is 72.8 Å². The molecule has 0 aliphatic carbocycles. The molecule has 6 nitrogen and oxygen atoms in total. The number of nitrogens with one attached hydrogen (secondary N) is 2. The molecule has 0 aliphatic heterocycles. The van der Waals surface area contributed by atoms with E-state index in [4.69, 9.17) is 5.11 Å². The first-order valence-corrected chi connectivity index (χ1v) is 9.63. The Morgan fingerprint density at radius 3 is 2.23 bits per heavy atom. The first kappa shape index (κ1) is 20.9. The molecule has 1 atom stereocenters. The number of rotatable bonds is 6. The highest BCUT2D eigenvalue weighted by Crippen LogP contribution is 2.31. The van der Waals surface area contributed by atoms with Gasteiger partial charge in [0.05, 0.1) is 11.4 Å². The lowest BCUT2D eigenvalue weighted by Gasteiger charge is -2.21. The molecule has 6 heteroatoms. The van der Waals surface area contributed by atoms with Crippen LogP contribution in [0, 0.1) is 0 Å². The van der Waals surface area contributed by atoms with Crippen LogP contribution in [0.5, 0.6) is 0 Å². The number of carboxylic acid groups (broad SMARTS) is 1. The largest absolute Gasteiger partial charge is 0.465 e. The summed E-state index contributed by atoms with van der Waals surface area (Å²) in [6.07, 6.45) is -1.16. The van der Waals surface area contributed by atoms with Crippen molar-refractivity contribution in [1.82, 2.24) is 0 Å². The molecular weight excluding hydrogens is 378 g/mol. The Morgan fingerprint density at radius 2 is 1.57 bits per heavy atom. The molecule has 3 N–H and O–H groups in total. The van der Waals surface area contributed by atoms with Crippen LogP contribution in [0.2, 0.25) is 0 Å². The van der Waals surface area contributed by atoms with Crippen molar-refractivity contribution in [2.24, 2.45) is 0 Å². The standard InChI is InChI=1S/C24H25N3O3/c1-16(17-9-5-4-6-10-17)19-11-7-8-12-20(19)23(28)26-21-15-18(25-24(29)30)13-14-22(21)27(2)3/h4-16,25H,1-3H3,(H,26,28)(H,29,30). The van der Waals surface area contributed by atoms with Gasteiger partial charge in [-0.1, -0.05) is 55.5 Å². The van der Waals surface area contributed by atoms with E-state index in [1.807, 2.05) is 67.5 Å². The zero-order valence-electron chi connectivity index (χ0n) is 17.2. The van der Waals surface area contributed by atoms with Crippen molar-refractivity contribution < 1.29 is 14.7 Å². The molecule has 0 radical (unpaired) electrons. The molecule has 3 aromatic carbocycles. The third-order valence-electron chi connectivity index (χ3n) is 4.95. The van der Waals surface area contributed by atoms with Crippen LogP contribution in [0.25, 0.3) is 0 Å². The van der Waals surface area contributed by atoms with Crippen LogP contribution in [0.1, 0.15) is 34.3 Å². The molecule has 0 bridgehead atoms. The minimum Gasteiger partial charge on any atom is -0.465 e. The van der Waals surface area contributed by atoms with Gasteiger partial charge in [-0.05, 0) is 35.4 Å². The van der Waals surface area contributed by atoms with Crippen LogP contribution in [0.3, 0.4) is 0 Å². The third kappa shape index (κ3) is 4.78. The summed E-state index contributed by atoms with van der Waals surface area (Å²) < 4.78 is 0. The summed E-state index contributed by atoms with van der Waals surface area (Å²) in [4.78, 5) is 26.1. The molecule has 3 aromatic rings. The fraction of sp³-hybridized carbons (Fsp3) is 0.167. The summed E-state index contributed by atoms with van der Waals surface area (Å²) in [5.74, 6) is -0.203. The molecule has 0 heterocycles. The quantitative estimate of drug-likeness (QED) is 0.525. The second kappa shape index (κ2) is 9.13. The number of carbonyl (C=O) groups is 2. The molecule has 30 heavy (non-hydrogen) atoms. The summed E-state index contributed by atoms with van der Waals surface area (Å²) in [6.45, 7) is 2.07. The molecule has 0 aliphatic rings. The molecule has 0 spiro atoms. The number of hydrogen-bond acceptors (Lipinski definition) is 3. The third-order valence-corrected chi connectivity index (χ3v) is 4.95. The predicted octanol–water partition coefficient (Wildman–Crippen LogP) is 5.25. The van der Waals surface area contributed by atoms with Crippen molar-refractivity contribution in [2.75, 3.05) is 29.6 Å². The maximum atomic E-state index is 13.2. The van der Waals surface area contributed by atoms with Gasteiger partial charge in [-0.15, -0.1) is 0 Å². The van der Waals surface area contributed by atoms with E-state index in [0.717, 1.165) is 16.8 Å². The molecule has 154 valence electrons. The Kier molecular flexibility index (Phi) is 6.37. The molecule has 0 aromatic heterocycles. The van der Waals surface area contributed by atoms with E-state index < -0.39 is 6.09 Å². The Balaban J connectivity index is 1.94. The fourth-order valence-electron chi connectivity index (χ4n) is 3.42. The van der Waals surface area contributed by atoms with Gasteiger partial charge in [-0.2, -0.15) is 0 Å². The van der Waals surface area contributed by atoms with Gasteiger partial charge in [0.15, 0.2) is 0 Å². The van der Waals surface area contributed by atoms with Gasteiger partial charge in [0, 0.05) is 31.3 Å². The van der Waals surface area contributed by atoms with Gasteiger partial charge in [-0.25, -0.2) is 4.79 Å². The minimum absolute atomic E-state index is 0.0430. The molecule has 3 rings (SSSR count). The SMILES string of the molecule is CC(c1ccccc1)c1ccccc1C(=O)Nc1cc(NC(=O)O)ccc1N(C)C. The number of amides is 2. The number of anilines is 3. The predicted molar refractivity (Wildman–Crippen MR) is 121 cm³/mol. The molecule has 0 saturated carbocycles. The van der Waals surface area contributed by atoms with Gasteiger partial charge < -0.3 is 15.3 Å². The first-order valence-electron chi connectivity index (χ1n) is 9.63. The zero-order valence-corrected chi connectivity index (χ0v) is 17.2. The van der Waals surface area contributed by atoms with Crippen LogP contribution in [0.4, 0.5) is 21.9 Å². The Hall–Kier alpha value is -3.80. The number of benzene rings is 3. The summed E-state index contributed by atoms with van der Waals surface area (Å²) in [5.41, 5.74) is 4.31. The average Bonchev–Trinajstić information content (AvgIpc) is 2.73. The Bertz CT molecular complexity index is 1050. The van der Waals surface area contributed by atoms with Gasteiger partial charge in [0.1, 0.15) is 0 Å². The van der Waals surface area contributed by atoms with Crippen molar-refractivity contribution in [1.29, 1.82) is 0 Å². The van der Waals surface area contributed by atoms with E-state index in [1.54, 1.807) is 24.3 Å². The average molecular weight is 403 g/mol. The molecule has 0 saturated heterocycles. The van der Waals surface area contributed by atoms with E-state index in [1.165, 1.54) is 0 Å². The number of hydrogen-bond donors (Lipinski definition) is 3. The van der Waals surface area contributed by atoms with Gasteiger partial charge in [0.2, 0.25) is 0 Å². The van der Waals surface area contributed by atoms with Crippen LogP contribution >= 0.6 is 0 Å². The second-order valence-electron chi connectivity index (χ2n) is 7.23. The summed E-state index contributed by atoms with van der Waals surface area (Å²) in [5, 5.41) is 14.3. The van der Waals surface area contributed by atoms with Crippen molar-refractivity contribution in [3.63, 3.8) is 0 Å². The maximum absolute atomic E-state index is 13.2. The van der Waals surface area contributed by atoms with E-state index in [-0.39, 0.29) is 11.8 Å². The summed E-state index contributed by atoms with van der Waals surface area (Å²) in [6, 6.07) is 22.6. The van der Waals surface area contributed by atoms with E-state index in [9.17, 15) is 9.59 Å². The van der Waals surface area contributed by atoms with E-state index >= 15 is 0 Å². The van der Waals surface area contributed by atoms with Crippen molar-refractivity contribution >= 4 is 29.1 Å². The Labute approximate surface area is 176 Å². The summed E-state index contributed by atoms with van der Waals surface area (Å²) >= 11 is 0. The minimum atomic E-state index is -1.16. The smallest absolute Gasteiger partial charge is 0.409 e. The lowest BCUT2D eigenvalue weighted by atomic mass is 9.89. The first-order chi connectivity index (χ1) is 14.4. The summed E-state index contributed by atoms with van der Waals surface area (Å²) in [7, 11) is 3.72. The molecule has 0 fully saturated rings. The van der Waals surface area contributed by atoms with E-state index in [0.29, 0.717) is 16.9 Å². The van der Waals surface area contributed by atoms with Gasteiger partial charge in [0.25, 0.3) is 5.91 Å². The second-order valence-corrected chi connectivity index (χ2v) is 7.23. The highest BCUT2D eigenvalue weighted by molar-refractivity contribution is 6.07. The lowest BCUT2D eigenvalue weighted by molar-refractivity contribution is 0.102. The highest BCUT2D eigenvalue weighted by Gasteiger charge is 2.19. The van der Waals surface area contributed by atoms with E-state index in [2.05, 4.69) is 17.6 Å². The van der Waals surface area contributed by atoms with Crippen LogP contribution in [-0.2, 0) is 0 Å². The van der Waals surface area contributed by atoms with Crippen molar-refractivity contribution in [2.45, 2.75) is 12.8 Å². The van der Waals surface area contributed by atoms with Gasteiger partial charge >= 0.3 is 6.09 Å². The Morgan fingerprint density at radius 1 is 0.900 bits per heavy atom. The number of carbonyl (C=O) groups excluding carboxylic acids is 1. The van der Waals surface area contributed by atoms with Gasteiger partial charge in [-0.3, -0.25) is 10.1 Å². The van der Waals surface area contributed by atoms with Crippen LogP contribution < -0.4 is 15.5 Å². The number of nitrogens with zero attached hydrogens (tertiary/aromatic N) is 1.